The van der Waals surface area contributed by atoms with Gasteiger partial charge in [0.25, 0.3) is 0 Å². The van der Waals surface area contributed by atoms with E-state index in [2.05, 4.69) is 24.5 Å². The lowest BCUT2D eigenvalue weighted by Gasteiger charge is -2.21. The maximum atomic E-state index is 11.4. The number of hydrogen-bond acceptors (Lipinski definition) is 1. The van der Waals surface area contributed by atoms with Crippen molar-refractivity contribution in [3.05, 3.63) is 0 Å². The molecule has 0 heterocycles. The third-order valence-corrected chi connectivity index (χ3v) is 3.23. The zero-order chi connectivity index (χ0) is 11.8. The molecule has 0 aromatic rings. The number of urea groups is 1. The van der Waals surface area contributed by atoms with Crippen LogP contribution in [-0.4, -0.2) is 19.1 Å². The number of amides is 2. The van der Waals surface area contributed by atoms with Gasteiger partial charge in [-0.2, -0.15) is 0 Å². The molecule has 0 aromatic heterocycles. The summed E-state index contributed by atoms with van der Waals surface area (Å²) in [6.45, 7) is 5.79. The van der Waals surface area contributed by atoms with Gasteiger partial charge in [-0.3, -0.25) is 0 Å². The fourth-order valence-electron chi connectivity index (χ4n) is 2.22. The Bertz CT molecular complexity index is 198. The zero-order valence-corrected chi connectivity index (χ0v) is 10.7. The number of nitrogens with one attached hydrogen (secondary N) is 2. The van der Waals surface area contributed by atoms with Crippen LogP contribution in [0.15, 0.2) is 0 Å². The summed E-state index contributed by atoms with van der Waals surface area (Å²) in [4.78, 5) is 11.4. The Morgan fingerprint density at radius 1 is 1.19 bits per heavy atom. The SMILES string of the molecule is CC(C)CNC(=O)NCCC1CCCCC1. The third-order valence-electron chi connectivity index (χ3n) is 3.23. The standard InChI is InChI=1S/C13H26N2O/c1-11(2)10-15-13(16)14-9-8-12-6-4-3-5-7-12/h11-12H,3-10H2,1-2H3,(H2,14,15,16). The van der Waals surface area contributed by atoms with Crippen molar-refractivity contribution in [1.82, 2.24) is 10.6 Å². The molecule has 0 bridgehead atoms. The van der Waals surface area contributed by atoms with Gasteiger partial charge < -0.3 is 10.6 Å². The summed E-state index contributed by atoms with van der Waals surface area (Å²) in [5.41, 5.74) is 0. The highest BCUT2D eigenvalue weighted by Gasteiger charge is 2.13. The Kier molecular flexibility index (Phi) is 6.27. The Hall–Kier alpha value is -0.730. The Labute approximate surface area is 99.4 Å². The molecule has 0 radical (unpaired) electrons. The number of carbonyl (C=O) groups excluding carboxylic acids is 1. The first-order valence-corrected chi connectivity index (χ1v) is 6.70. The van der Waals surface area contributed by atoms with E-state index in [4.69, 9.17) is 0 Å². The van der Waals surface area contributed by atoms with Gasteiger partial charge in [0, 0.05) is 13.1 Å². The molecule has 1 saturated carbocycles. The molecule has 0 atom stereocenters. The minimum atomic E-state index is -0.00971. The summed E-state index contributed by atoms with van der Waals surface area (Å²) < 4.78 is 0. The third kappa shape index (κ3) is 5.99. The Balaban J connectivity index is 1.99. The summed E-state index contributed by atoms with van der Waals surface area (Å²) in [6.07, 6.45) is 8.02. The predicted molar refractivity (Wildman–Crippen MR) is 67.4 cm³/mol. The van der Waals surface area contributed by atoms with Crippen molar-refractivity contribution >= 4 is 6.03 Å². The maximum absolute atomic E-state index is 11.4. The van der Waals surface area contributed by atoms with Crippen molar-refractivity contribution in [3.8, 4) is 0 Å². The van der Waals surface area contributed by atoms with Crippen LogP contribution in [0.3, 0.4) is 0 Å². The molecule has 1 rings (SSSR count). The second-order valence-corrected chi connectivity index (χ2v) is 5.32. The first kappa shape index (κ1) is 13.3. The van der Waals surface area contributed by atoms with Crippen LogP contribution in [0, 0.1) is 11.8 Å². The van der Waals surface area contributed by atoms with Crippen LogP contribution in [0.5, 0.6) is 0 Å². The van der Waals surface area contributed by atoms with E-state index in [0.29, 0.717) is 5.92 Å². The molecule has 1 aliphatic rings. The lowest BCUT2D eigenvalue weighted by atomic mass is 9.87. The Morgan fingerprint density at radius 2 is 1.88 bits per heavy atom. The van der Waals surface area contributed by atoms with Crippen molar-refractivity contribution in [2.24, 2.45) is 11.8 Å². The van der Waals surface area contributed by atoms with E-state index in [0.717, 1.165) is 25.4 Å². The average molecular weight is 226 g/mol. The molecule has 0 saturated heterocycles. The number of carbonyl (C=O) groups is 1. The van der Waals surface area contributed by atoms with E-state index in [9.17, 15) is 4.79 Å². The molecule has 3 nitrogen and oxygen atoms in total. The monoisotopic (exact) mass is 226 g/mol. The fraction of sp³-hybridized carbons (Fsp3) is 0.923. The van der Waals surface area contributed by atoms with Gasteiger partial charge in [-0.25, -0.2) is 4.79 Å². The van der Waals surface area contributed by atoms with Gasteiger partial charge in [0.05, 0.1) is 0 Å². The number of hydrogen-bond donors (Lipinski definition) is 2. The molecule has 1 fully saturated rings. The van der Waals surface area contributed by atoms with E-state index in [1.807, 2.05) is 0 Å². The van der Waals surface area contributed by atoms with Crippen LogP contribution < -0.4 is 10.6 Å². The first-order valence-electron chi connectivity index (χ1n) is 6.70. The summed E-state index contributed by atoms with van der Waals surface area (Å²) >= 11 is 0. The van der Waals surface area contributed by atoms with Gasteiger partial charge in [0.2, 0.25) is 0 Å². The number of rotatable bonds is 5. The van der Waals surface area contributed by atoms with Gasteiger partial charge in [-0.15, -0.1) is 0 Å². The van der Waals surface area contributed by atoms with Crippen molar-refractivity contribution in [3.63, 3.8) is 0 Å². The molecule has 0 unspecified atom stereocenters. The Morgan fingerprint density at radius 3 is 2.50 bits per heavy atom. The van der Waals surface area contributed by atoms with Crippen LogP contribution in [0.2, 0.25) is 0 Å². The van der Waals surface area contributed by atoms with Gasteiger partial charge in [-0.1, -0.05) is 46.0 Å². The lowest BCUT2D eigenvalue weighted by Crippen LogP contribution is -2.38. The van der Waals surface area contributed by atoms with Gasteiger partial charge in [-0.05, 0) is 18.3 Å². The molecule has 94 valence electrons. The average Bonchev–Trinajstić information content (AvgIpc) is 2.28. The first-order chi connectivity index (χ1) is 7.68. The largest absolute Gasteiger partial charge is 0.338 e. The minimum Gasteiger partial charge on any atom is -0.338 e. The second kappa shape index (κ2) is 7.53. The van der Waals surface area contributed by atoms with Gasteiger partial charge in [0.15, 0.2) is 0 Å². The van der Waals surface area contributed by atoms with Crippen LogP contribution in [0.1, 0.15) is 52.4 Å². The minimum absolute atomic E-state index is 0.00971. The molecule has 1 aliphatic carbocycles. The molecular formula is C13H26N2O. The molecule has 16 heavy (non-hydrogen) atoms. The van der Waals surface area contributed by atoms with E-state index >= 15 is 0 Å². The van der Waals surface area contributed by atoms with Gasteiger partial charge in [0.1, 0.15) is 0 Å². The smallest absolute Gasteiger partial charge is 0.314 e. The quantitative estimate of drug-likeness (QED) is 0.743. The maximum Gasteiger partial charge on any atom is 0.314 e. The van der Waals surface area contributed by atoms with Crippen LogP contribution >= 0.6 is 0 Å². The van der Waals surface area contributed by atoms with E-state index in [-0.39, 0.29) is 6.03 Å². The van der Waals surface area contributed by atoms with Crippen LogP contribution in [0.4, 0.5) is 4.79 Å². The van der Waals surface area contributed by atoms with E-state index < -0.39 is 0 Å². The van der Waals surface area contributed by atoms with E-state index in [1.54, 1.807) is 0 Å². The normalized spacial score (nSPS) is 17.4. The van der Waals surface area contributed by atoms with Gasteiger partial charge >= 0.3 is 6.03 Å². The van der Waals surface area contributed by atoms with Crippen LogP contribution in [-0.2, 0) is 0 Å². The van der Waals surface area contributed by atoms with Crippen molar-refractivity contribution < 1.29 is 4.79 Å². The molecule has 2 N–H and O–H groups in total. The van der Waals surface area contributed by atoms with Crippen molar-refractivity contribution in [2.75, 3.05) is 13.1 Å². The molecule has 2 amide bonds. The molecule has 0 aliphatic heterocycles. The highest BCUT2D eigenvalue weighted by atomic mass is 16.2. The van der Waals surface area contributed by atoms with Crippen molar-refractivity contribution in [1.29, 1.82) is 0 Å². The summed E-state index contributed by atoms with van der Waals surface area (Å²) in [6, 6.07) is -0.00971. The fourth-order valence-corrected chi connectivity index (χ4v) is 2.22. The highest BCUT2D eigenvalue weighted by molar-refractivity contribution is 5.73. The predicted octanol–water partition coefficient (Wildman–Crippen LogP) is 2.91. The van der Waals surface area contributed by atoms with Crippen molar-refractivity contribution in [2.45, 2.75) is 52.4 Å². The molecular weight excluding hydrogens is 200 g/mol. The summed E-state index contributed by atoms with van der Waals surface area (Å²) in [7, 11) is 0. The topological polar surface area (TPSA) is 41.1 Å². The second-order valence-electron chi connectivity index (χ2n) is 5.32. The summed E-state index contributed by atoms with van der Waals surface area (Å²) in [5.74, 6) is 1.36. The van der Waals surface area contributed by atoms with Crippen LogP contribution in [0.25, 0.3) is 0 Å². The molecule has 0 spiro atoms. The molecule has 3 heteroatoms. The molecule has 0 aromatic carbocycles. The van der Waals surface area contributed by atoms with E-state index in [1.165, 1.54) is 32.1 Å². The highest BCUT2D eigenvalue weighted by Crippen LogP contribution is 2.25. The zero-order valence-electron chi connectivity index (χ0n) is 10.7. The lowest BCUT2D eigenvalue weighted by molar-refractivity contribution is 0.237. The summed E-state index contributed by atoms with van der Waals surface area (Å²) in [5, 5.41) is 5.81.